The minimum atomic E-state index is -1.37. The van der Waals surface area contributed by atoms with E-state index < -0.39 is 40.5 Å². The van der Waals surface area contributed by atoms with E-state index in [1.807, 2.05) is 0 Å². The molecule has 2 N–H and O–H groups in total. The van der Waals surface area contributed by atoms with E-state index in [0.717, 1.165) is 25.7 Å². The van der Waals surface area contributed by atoms with Crippen LogP contribution in [-0.2, 0) is 14.4 Å². The smallest absolute Gasteiger partial charge is 0.362 e. The van der Waals surface area contributed by atoms with Crippen LogP contribution in [0.15, 0.2) is 12.2 Å². The van der Waals surface area contributed by atoms with Crippen LogP contribution in [0.1, 0.15) is 150 Å². The third kappa shape index (κ3) is 13.8. The molecule has 0 heterocycles. The molecule has 0 aliphatic heterocycles. The molecule has 0 aliphatic rings. The Kier molecular flexibility index (Phi) is 21.8. The zero-order valence-electron chi connectivity index (χ0n) is 25.5. The molecule has 0 bridgehead atoms. The summed E-state index contributed by atoms with van der Waals surface area (Å²) >= 11 is 0. The molecule has 0 aromatic rings. The number of carboxylic acid groups (broad SMARTS) is 3. The molecule has 0 radical (unpaired) electrons. The van der Waals surface area contributed by atoms with Gasteiger partial charge in [-0.2, -0.15) is 0 Å². The summed E-state index contributed by atoms with van der Waals surface area (Å²) < 4.78 is -0.467. The summed E-state index contributed by atoms with van der Waals surface area (Å²) in [6, 6.07) is -3.37. The van der Waals surface area contributed by atoms with Crippen LogP contribution in [0.25, 0.3) is 0 Å². The number of rotatable bonds is 27. The highest BCUT2D eigenvalue weighted by Gasteiger charge is 2.53. The molecule has 0 aromatic carbocycles. The van der Waals surface area contributed by atoms with Crippen molar-refractivity contribution >= 4 is 17.9 Å². The van der Waals surface area contributed by atoms with Crippen LogP contribution in [0.2, 0.25) is 0 Å². The Morgan fingerprint density at radius 2 is 0.949 bits per heavy atom. The summed E-state index contributed by atoms with van der Waals surface area (Å²) in [5, 5.41) is 32.1. The van der Waals surface area contributed by atoms with Crippen molar-refractivity contribution in [2.24, 2.45) is 0 Å². The van der Waals surface area contributed by atoms with Gasteiger partial charge in [0.2, 0.25) is 0 Å². The lowest BCUT2D eigenvalue weighted by Crippen LogP contribution is -2.73. The molecule has 228 valence electrons. The van der Waals surface area contributed by atoms with Crippen LogP contribution < -0.4 is 5.11 Å². The molecule has 0 saturated heterocycles. The van der Waals surface area contributed by atoms with E-state index in [2.05, 4.69) is 19.1 Å². The summed E-state index contributed by atoms with van der Waals surface area (Å²) in [5.74, 6) is -3.65. The van der Waals surface area contributed by atoms with Crippen LogP contribution in [0.4, 0.5) is 0 Å². The van der Waals surface area contributed by atoms with Gasteiger partial charge in [0.05, 0.1) is 12.5 Å². The first-order valence-electron chi connectivity index (χ1n) is 15.9. The van der Waals surface area contributed by atoms with Crippen LogP contribution >= 0.6 is 0 Å². The zero-order valence-corrected chi connectivity index (χ0v) is 25.5. The van der Waals surface area contributed by atoms with Crippen molar-refractivity contribution in [2.45, 2.75) is 168 Å². The van der Waals surface area contributed by atoms with Crippen LogP contribution in [0, 0.1) is 0 Å². The fraction of sp³-hybridized carbons (Fsp3) is 0.844. The number of carboxylic acids is 3. The third-order valence-electron chi connectivity index (χ3n) is 8.30. The van der Waals surface area contributed by atoms with E-state index in [1.165, 1.54) is 70.6 Å². The number of carbonyl (C=O) groups excluding carboxylic acids is 1. The number of quaternary nitrogens is 1. The van der Waals surface area contributed by atoms with Crippen molar-refractivity contribution in [3.8, 4) is 0 Å². The SMILES string of the molecule is CCCCC/C=C/CCCCCCCCCCCCC[N+](C(CC)C(=O)[O-])(C(CC)C(=O)O)C(CC)C(=O)O. The molecule has 7 heteroatoms. The molecular formula is C32H59NO6. The van der Waals surface area contributed by atoms with Crippen molar-refractivity contribution in [3.05, 3.63) is 12.2 Å². The summed E-state index contributed by atoms with van der Waals surface area (Å²) in [4.78, 5) is 36.6. The first-order valence-corrected chi connectivity index (χ1v) is 15.9. The van der Waals surface area contributed by atoms with Crippen molar-refractivity contribution in [1.82, 2.24) is 0 Å². The van der Waals surface area contributed by atoms with E-state index in [9.17, 15) is 29.7 Å². The number of carbonyl (C=O) groups is 3. The molecule has 0 fully saturated rings. The monoisotopic (exact) mass is 553 g/mol. The topological polar surface area (TPSA) is 115 Å². The highest BCUT2D eigenvalue weighted by atomic mass is 16.4. The molecule has 0 spiro atoms. The van der Waals surface area contributed by atoms with Crippen molar-refractivity contribution < 1.29 is 34.2 Å². The normalized spacial score (nSPS) is 15.6. The van der Waals surface area contributed by atoms with Gasteiger partial charge in [0.15, 0.2) is 12.1 Å². The number of unbranched alkanes of at least 4 members (excludes halogenated alkanes) is 14. The Hall–Kier alpha value is -1.89. The molecule has 0 saturated carbocycles. The minimum Gasteiger partial charge on any atom is -0.544 e. The molecule has 39 heavy (non-hydrogen) atoms. The molecular weight excluding hydrogens is 494 g/mol. The Morgan fingerprint density at radius 1 is 0.590 bits per heavy atom. The van der Waals surface area contributed by atoms with Crippen molar-refractivity contribution in [2.75, 3.05) is 6.54 Å². The molecule has 0 amide bonds. The van der Waals surface area contributed by atoms with Gasteiger partial charge in [-0.15, -0.1) is 0 Å². The van der Waals surface area contributed by atoms with E-state index in [4.69, 9.17) is 0 Å². The van der Waals surface area contributed by atoms with Gasteiger partial charge in [-0.1, -0.05) is 104 Å². The summed E-state index contributed by atoms with van der Waals surface area (Å²) in [5.41, 5.74) is 0. The van der Waals surface area contributed by atoms with Gasteiger partial charge in [0, 0.05) is 19.3 Å². The van der Waals surface area contributed by atoms with Gasteiger partial charge in [-0.25, -0.2) is 9.59 Å². The molecule has 3 unspecified atom stereocenters. The second-order valence-electron chi connectivity index (χ2n) is 11.1. The Balaban J connectivity index is 4.57. The molecule has 0 aliphatic carbocycles. The number of nitrogens with zero attached hydrogens (tertiary/aromatic N) is 1. The van der Waals surface area contributed by atoms with Crippen LogP contribution in [0.5, 0.6) is 0 Å². The van der Waals surface area contributed by atoms with Gasteiger partial charge in [0.25, 0.3) is 0 Å². The predicted molar refractivity (Wildman–Crippen MR) is 156 cm³/mol. The summed E-state index contributed by atoms with van der Waals surface area (Å²) in [6.45, 7) is 7.50. The predicted octanol–water partition coefficient (Wildman–Crippen LogP) is 6.88. The number of allylic oxidation sites excluding steroid dienone is 2. The average molecular weight is 554 g/mol. The van der Waals surface area contributed by atoms with Gasteiger partial charge < -0.3 is 20.1 Å². The lowest BCUT2D eigenvalue weighted by Gasteiger charge is -2.51. The van der Waals surface area contributed by atoms with E-state index in [0.29, 0.717) is 6.42 Å². The van der Waals surface area contributed by atoms with Crippen molar-refractivity contribution in [3.63, 3.8) is 0 Å². The summed E-state index contributed by atoms with van der Waals surface area (Å²) in [7, 11) is 0. The minimum absolute atomic E-state index is 0.131. The quantitative estimate of drug-likeness (QED) is 0.0651. The largest absolute Gasteiger partial charge is 0.544 e. The molecule has 7 nitrogen and oxygen atoms in total. The van der Waals surface area contributed by atoms with Gasteiger partial charge in [-0.05, 0) is 38.5 Å². The van der Waals surface area contributed by atoms with E-state index in [-0.39, 0.29) is 25.8 Å². The third-order valence-corrected chi connectivity index (χ3v) is 8.30. The Bertz CT molecular complexity index is 637. The second-order valence-corrected chi connectivity index (χ2v) is 11.1. The Morgan fingerprint density at radius 3 is 1.28 bits per heavy atom. The van der Waals surface area contributed by atoms with E-state index in [1.54, 1.807) is 20.8 Å². The number of aliphatic carboxylic acids is 3. The van der Waals surface area contributed by atoms with Crippen LogP contribution in [-0.4, -0.2) is 57.3 Å². The maximum atomic E-state index is 12.2. The highest BCUT2D eigenvalue weighted by molar-refractivity contribution is 5.77. The maximum Gasteiger partial charge on any atom is 0.362 e. The first kappa shape index (κ1) is 37.1. The highest BCUT2D eigenvalue weighted by Crippen LogP contribution is 2.32. The van der Waals surface area contributed by atoms with E-state index >= 15 is 0 Å². The molecule has 0 aromatic heterocycles. The fourth-order valence-electron chi connectivity index (χ4n) is 6.25. The number of hydrogen-bond acceptors (Lipinski definition) is 4. The molecule has 3 atom stereocenters. The fourth-order valence-corrected chi connectivity index (χ4v) is 6.25. The Labute approximate surface area is 238 Å². The zero-order chi connectivity index (χ0) is 29.5. The van der Waals surface area contributed by atoms with Crippen LogP contribution in [0.3, 0.4) is 0 Å². The second kappa shape index (κ2) is 22.9. The van der Waals surface area contributed by atoms with Gasteiger partial charge in [-0.3, -0.25) is 4.48 Å². The maximum absolute atomic E-state index is 12.2. The lowest BCUT2D eigenvalue weighted by molar-refractivity contribution is -0.974. The first-order chi connectivity index (χ1) is 18.7. The van der Waals surface area contributed by atoms with Gasteiger partial charge >= 0.3 is 11.9 Å². The summed E-state index contributed by atoms with van der Waals surface area (Å²) in [6.07, 6.45) is 23.8. The average Bonchev–Trinajstić information content (AvgIpc) is 2.88. The van der Waals surface area contributed by atoms with Gasteiger partial charge in [0.1, 0.15) is 6.04 Å². The van der Waals surface area contributed by atoms with Crippen molar-refractivity contribution in [1.29, 1.82) is 0 Å². The molecule has 0 rings (SSSR count). The number of hydrogen-bond donors (Lipinski definition) is 2. The lowest BCUT2D eigenvalue weighted by atomic mass is 9.93. The standard InChI is InChI=1S/C32H59NO6/c1-5-9-10-11-12-13-14-15-16-17-18-19-20-21-22-23-24-25-26-33(27(6-2)30(34)35,28(7-3)31(36)37)29(8-4)32(38)39/h12-13,27-29H,5-11,14-26H2,1-4H3,(H2-,34,35,36,37,38,39)/b13-12+.